The molecule has 0 saturated carbocycles. The molecule has 0 atom stereocenters. The monoisotopic (exact) mass is 393 g/mol. The van der Waals surface area contributed by atoms with E-state index in [4.69, 9.17) is 0 Å². The zero-order valence-electron chi connectivity index (χ0n) is 14.1. The van der Waals surface area contributed by atoms with Gasteiger partial charge in [-0.2, -0.15) is 13.2 Å². The average molecular weight is 393 g/mol. The van der Waals surface area contributed by atoms with Crippen LogP contribution in [0.5, 0.6) is 0 Å². The molecule has 0 fully saturated rings. The molecule has 0 radical (unpaired) electrons. The van der Waals surface area contributed by atoms with Gasteiger partial charge in [-0.05, 0) is 48.5 Å². The van der Waals surface area contributed by atoms with Crippen LogP contribution in [0, 0.1) is 0 Å². The lowest BCUT2D eigenvalue weighted by molar-refractivity contribution is -0.137. The highest BCUT2D eigenvalue weighted by atomic mass is 32.2. The number of carbonyl (C=O) groups is 1. The molecular formula is C18H14F3N3O2S. The van der Waals surface area contributed by atoms with Crippen molar-refractivity contribution in [3.63, 3.8) is 0 Å². The predicted octanol–water partition coefficient (Wildman–Crippen LogP) is 4.17. The van der Waals surface area contributed by atoms with E-state index in [0.29, 0.717) is 21.3 Å². The number of allylic oxidation sites excluding steroid dienone is 4. The number of amidine groups is 1. The first-order chi connectivity index (χ1) is 12.7. The number of nitrogens with zero attached hydrogens (tertiary/aromatic N) is 3. The van der Waals surface area contributed by atoms with E-state index in [1.165, 1.54) is 43.2 Å². The van der Waals surface area contributed by atoms with Gasteiger partial charge in [0.05, 0.1) is 11.3 Å². The number of halogens is 3. The Morgan fingerprint density at radius 3 is 2.41 bits per heavy atom. The highest BCUT2D eigenvalue weighted by Crippen LogP contribution is 2.36. The molecule has 27 heavy (non-hydrogen) atoms. The molecule has 0 aliphatic carbocycles. The van der Waals surface area contributed by atoms with Crippen LogP contribution < -0.4 is 0 Å². The van der Waals surface area contributed by atoms with Crippen LogP contribution in [0.1, 0.15) is 18.1 Å². The van der Waals surface area contributed by atoms with Crippen LogP contribution in [0.4, 0.5) is 13.2 Å². The number of aliphatic imine (C=N–C) groups is 2. The Kier molecular flexibility index (Phi) is 5.33. The molecule has 9 heteroatoms. The summed E-state index contributed by atoms with van der Waals surface area (Å²) in [6.07, 6.45) is 1.74. The molecule has 3 rings (SSSR count). The minimum absolute atomic E-state index is 0.0230. The SMILES string of the molecule is CC(=O)CN=C1N=C(c2ccc(C(F)(F)F)cc2)C(=C2C=CN(O)C=C2)S1. The van der Waals surface area contributed by atoms with E-state index in [9.17, 15) is 23.2 Å². The predicted molar refractivity (Wildman–Crippen MR) is 97.5 cm³/mol. The summed E-state index contributed by atoms with van der Waals surface area (Å²) in [4.78, 5) is 20.4. The summed E-state index contributed by atoms with van der Waals surface area (Å²) in [5, 5.41) is 10.6. The highest BCUT2D eigenvalue weighted by Gasteiger charge is 2.31. The van der Waals surface area contributed by atoms with Crippen LogP contribution >= 0.6 is 11.8 Å². The number of benzene rings is 1. The largest absolute Gasteiger partial charge is 0.416 e. The number of hydrogen-bond donors (Lipinski definition) is 1. The zero-order valence-corrected chi connectivity index (χ0v) is 14.9. The number of thioether (sulfide) groups is 1. The van der Waals surface area contributed by atoms with Crippen LogP contribution in [0.3, 0.4) is 0 Å². The fraction of sp³-hybridized carbons (Fsp3) is 0.167. The van der Waals surface area contributed by atoms with Crippen LogP contribution in [0.25, 0.3) is 0 Å². The van der Waals surface area contributed by atoms with Crippen LogP contribution in [0.2, 0.25) is 0 Å². The van der Waals surface area contributed by atoms with E-state index in [1.54, 1.807) is 12.2 Å². The number of ketones is 1. The van der Waals surface area contributed by atoms with Crippen molar-refractivity contribution in [3.05, 3.63) is 70.4 Å². The fourth-order valence-corrected chi connectivity index (χ4v) is 3.30. The summed E-state index contributed by atoms with van der Waals surface area (Å²) in [6, 6.07) is 4.70. The van der Waals surface area contributed by atoms with Crippen LogP contribution in [0.15, 0.2) is 69.3 Å². The molecule has 1 N–H and O–H groups in total. The first kappa shape index (κ1) is 19.1. The third kappa shape index (κ3) is 4.55. The van der Waals surface area contributed by atoms with Gasteiger partial charge >= 0.3 is 6.18 Å². The Labute approximate surface area is 157 Å². The molecule has 0 amide bonds. The first-order valence-corrected chi connectivity index (χ1v) is 8.62. The summed E-state index contributed by atoms with van der Waals surface area (Å²) in [5.74, 6) is -0.121. The van der Waals surface area contributed by atoms with Crippen molar-refractivity contribution >= 4 is 28.4 Å². The lowest BCUT2D eigenvalue weighted by Crippen LogP contribution is -2.08. The summed E-state index contributed by atoms with van der Waals surface area (Å²) in [6.45, 7) is 1.39. The molecular weight excluding hydrogens is 379 g/mol. The van der Waals surface area contributed by atoms with Crippen molar-refractivity contribution in [2.75, 3.05) is 6.54 Å². The van der Waals surface area contributed by atoms with E-state index >= 15 is 0 Å². The number of carbonyl (C=O) groups excluding carboxylic acids is 1. The first-order valence-electron chi connectivity index (χ1n) is 7.80. The summed E-state index contributed by atoms with van der Waals surface area (Å²) in [5.41, 5.74) is 0.938. The van der Waals surface area contributed by atoms with Crippen molar-refractivity contribution in [3.8, 4) is 0 Å². The molecule has 2 aliphatic heterocycles. The maximum atomic E-state index is 12.8. The van der Waals surface area contributed by atoms with Gasteiger partial charge in [0.25, 0.3) is 0 Å². The highest BCUT2D eigenvalue weighted by molar-refractivity contribution is 8.18. The molecule has 2 heterocycles. The van der Waals surface area contributed by atoms with Gasteiger partial charge < -0.3 is 0 Å². The average Bonchev–Trinajstić information content (AvgIpc) is 3.04. The molecule has 0 saturated heterocycles. The normalized spacial score (nSPS) is 18.5. The smallest absolute Gasteiger partial charge is 0.298 e. The second-order valence-corrected chi connectivity index (χ2v) is 6.71. The van der Waals surface area contributed by atoms with Crippen LogP contribution in [-0.4, -0.2) is 33.5 Å². The lowest BCUT2D eigenvalue weighted by atomic mass is 10.0. The van der Waals surface area contributed by atoms with Gasteiger partial charge in [0, 0.05) is 22.9 Å². The van der Waals surface area contributed by atoms with Gasteiger partial charge in [-0.3, -0.25) is 15.0 Å². The Balaban J connectivity index is 2.02. The number of hydroxylamine groups is 2. The van der Waals surface area contributed by atoms with Crippen molar-refractivity contribution in [2.45, 2.75) is 13.1 Å². The maximum absolute atomic E-state index is 12.8. The third-order valence-electron chi connectivity index (χ3n) is 3.61. The molecule has 0 bridgehead atoms. The Morgan fingerprint density at radius 1 is 1.22 bits per heavy atom. The van der Waals surface area contributed by atoms with E-state index in [1.807, 2.05) is 0 Å². The number of Topliss-reactive ketones (excluding diaryl/α,β-unsaturated/α-hetero) is 1. The third-order valence-corrected chi connectivity index (χ3v) is 4.65. The molecule has 1 aromatic rings. The van der Waals surface area contributed by atoms with Gasteiger partial charge in [-0.1, -0.05) is 12.1 Å². The molecule has 2 aliphatic rings. The van der Waals surface area contributed by atoms with Gasteiger partial charge in [0.15, 0.2) is 11.0 Å². The topological polar surface area (TPSA) is 65.3 Å². The lowest BCUT2D eigenvalue weighted by Gasteiger charge is -2.13. The van der Waals surface area contributed by atoms with E-state index in [-0.39, 0.29) is 12.3 Å². The van der Waals surface area contributed by atoms with Gasteiger partial charge in [-0.15, -0.1) is 0 Å². The van der Waals surface area contributed by atoms with E-state index < -0.39 is 11.7 Å². The molecule has 5 nitrogen and oxygen atoms in total. The number of hydrogen-bond acceptors (Lipinski definition) is 5. The molecule has 0 spiro atoms. The Morgan fingerprint density at radius 2 is 1.85 bits per heavy atom. The van der Waals surface area contributed by atoms with Crippen molar-refractivity contribution < 1.29 is 23.2 Å². The summed E-state index contributed by atoms with van der Waals surface area (Å²) >= 11 is 1.22. The zero-order chi connectivity index (χ0) is 19.6. The van der Waals surface area contributed by atoms with Crippen molar-refractivity contribution in [1.29, 1.82) is 0 Å². The van der Waals surface area contributed by atoms with Crippen molar-refractivity contribution in [1.82, 2.24) is 5.06 Å². The van der Waals surface area contributed by atoms with Gasteiger partial charge in [-0.25, -0.2) is 10.1 Å². The number of rotatable bonds is 3. The standard InChI is InChI=1S/C18H14F3N3O2S/c1-11(25)10-22-17-23-15(12-2-4-14(5-3-12)18(19,20)21)16(27-17)13-6-8-24(26)9-7-13/h2-9,26H,10H2,1H3. The Bertz CT molecular complexity index is 897. The second kappa shape index (κ2) is 7.53. The summed E-state index contributed by atoms with van der Waals surface area (Å²) in [7, 11) is 0. The van der Waals surface area contributed by atoms with Gasteiger partial charge in [0.2, 0.25) is 0 Å². The maximum Gasteiger partial charge on any atom is 0.416 e. The van der Waals surface area contributed by atoms with E-state index in [0.717, 1.165) is 22.8 Å². The van der Waals surface area contributed by atoms with Crippen LogP contribution in [-0.2, 0) is 11.0 Å². The Hall–Kier alpha value is -2.65. The van der Waals surface area contributed by atoms with Crippen molar-refractivity contribution in [2.24, 2.45) is 9.98 Å². The summed E-state index contributed by atoms with van der Waals surface area (Å²) < 4.78 is 38.4. The minimum atomic E-state index is -4.42. The minimum Gasteiger partial charge on any atom is -0.298 e. The quantitative estimate of drug-likeness (QED) is 0.837. The fourth-order valence-electron chi connectivity index (χ4n) is 2.33. The van der Waals surface area contributed by atoms with E-state index in [2.05, 4.69) is 9.98 Å². The number of alkyl halides is 3. The second-order valence-electron chi connectivity index (χ2n) is 5.73. The molecule has 140 valence electrons. The molecule has 0 unspecified atom stereocenters. The molecule has 1 aromatic carbocycles. The van der Waals surface area contributed by atoms with Gasteiger partial charge in [0.1, 0.15) is 6.54 Å². The molecule has 0 aromatic heterocycles.